The molecule has 0 bridgehead atoms. The lowest BCUT2D eigenvalue weighted by molar-refractivity contribution is -0.143. The van der Waals surface area contributed by atoms with Gasteiger partial charge in [-0.1, -0.05) is 63.9 Å². The van der Waals surface area contributed by atoms with Gasteiger partial charge < -0.3 is 20.8 Å². The molecule has 0 spiro atoms. The number of hydrogen-bond donors (Lipinski definition) is 4. The van der Waals surface area contributed by atoms with Gasteiger partial charge in [-0.25, -0.2) is 4.79 Å². The van der Waals surface area contributed by atoms with Gasteiger partial charge in [0.15, 0.2) is 0 Å². The Bertz CT molecular complexity index is 643. The van der Waals surface area contributed by atoms with Crippen LogP contribution in [-0.4, -0.2) is 46.7 Å². The van der Waals surface area contributed by atoms with Crippen molar-refractivity contribution in [3.05, 3.63) is 35.9 Å². The molecule has 2 atom stereocenters. The minimum Gasteiger partial charge on any atom is -0.481 e. The smallest absolute Gasteiger partial charge is 0.326 e. The summed E-state index contributed by atoms with van der Waals surface area (Å²) in [5.41, 5.74) is 0.897. The number of nitrogens with one attached hydrogen (secondary N) is 2. The number of carboxylic acids is 2. The predicted molar refractivity (Wildman–Crippen MR) is 107 cm³/mol. The zero-order valence-corrected chi connectivity index (χ0v) is 16.9. The van der Waals surface area contributed by atoms with Crippen molar-refractivity contribution in [2.75, 3.05) is 6.54 Å². The maximum atomic E-state index is 12.6. The van der Waals surface area contributed by atoms with Crippen LogP contribution in [-0.2, 0) is 20.8 Å². The normalized spacial score (nSPS) is 13.5. The number of carbonyl (C=O) groups is 3. The molecule has 0 aliphatic carbocycles. The van der Waals surface area contributed by atoms with E-state index >= 15 is 0 Å². The molecule has 0 heterocycles. The van der Waals surface area contributed by atoms with Crippen molar-refractivity contribution >= 4 is 17.8 Å². The number of amides is 1. The van der Waals surface area contributed by atoms with E-state index in [9.17, 15) is 19.5 Å². The van der Waals surface area contributed by atoms with Crippen LogP contribution < -0.4 is 10.6 Å². The number of hydrogen-bond acceptors (Lipinski definition) is 4. The summed E-state index contributed by atoms with van der Waals surface area (Å²) in [4.78, 5) is 35.3. The molecule has 1 amide bonds. The molecule has 4 N–H and O–H groups in total. The molecule has 1 aromatic rings. The molecule has 0 aliphatic heterocycles. The van der Waals surface area contributed by atoms with Gasteiger partial charge in [-0.15, -0.1) is 0 Å². The second-order valence-electron chi connectivity index (χ2n) is 7.46. The second-order valence-corrected chi connectivity index (χ2v) is 7.46. The molecule has 0 saturated carbocycles. The predicted octanol–water partition coefficient (Wildman–Crippen LogP) is 2.45. The molecule has 156 valence electrons. The largest absolute Gasteiger partial charge is 0.481 e. The average Bonchev–Trinajstić information content (AvgIpc) is 2.66. The summed E-state index contributed by atoms with van der Waals surface area (Å²) in [6.45, 7) is 6.85. The van der Waals surface area contributed by atoms with Gasteiger partial charge in [0.2, 0.25) is 5.91 Å². The standard InChI is InChI=1S/C21H32N2O5/c1-4-21(3,5-2)11-12-22-16(14-18(24)25)19(26)23-17(20(27)28)13-15-9-7-6-8-10-15/h6-10,16-17,22H,4-5,11-14H2,1-3H3,(H,23,26)(H,24,25)(H,27,28)/t16-,17-/m0/s1. The van der Waals surface area contributed by atoms with E-state index in [-0.39, 0.29) is 11.8 Å². The first-order valence-corrected chi connectivity index (χ1v) is 9.73. The van der Waals surface area contributed by atoms with Gasteiger partial charge in [-0.3, -0.25) is 9.59 Å². The Morgan fingerprint density at radius 3 is 2.14 bits per heavy atom. The Labute approximate surface area is 166 Å². The Hall–Kier alpha value is -2.41. The molecule has 7 heteroatoms. The highest BCUT2D eigenvalue weighted by molar-refractivity contribution is 5.89. The fourth-order valence-electron chi connectivity index (χ4n) is 2.91. The highest BCUT2D eigenvalue weighted by atomic mass is 16.4. The zero-order chi connectivity index (χ0) is 21.2. The summed E-state index contributed by atoms with van der Waals surface area (Å²) in [5, 5.41) is 24.0. The number of benzene rings is 1. The topological polar surface area (TPSA) is 116 Å². The molecule has 0 aliphatic rings. The van der Waals surface area contributed by atoms with E-state index in [4.69, 9.17) is 5.11 Å². The van der Waals surface area contributed by atoms with Gasteiger partial charge in [-0.2, -0.15) is 0 Å². The van der Waals surface area contributed by atoms with Crippen LogP contribution >= 0.6 is 0 Å². The van der Waals surface area contributed by atoms with Crippen molar-refractivity contribution in [1.82, 2.24) is 10.6 Å². The van der Waals surface area contributed by atoms with E-state index in [0.717, 1.165) is 24.8 Å². The molecule has 28 heavy (non-hydrogen) atoms. The molecule has 1 rings (SSSR count). The van der Waals surface area contributed by atoms with Crippen molar-refractivity contribution in [2.24, 2.45) is 5.41 Å². The van der Waals surface area contributed by atoms with Crippen LogP contribution in [0.4, 0.5) is 0 Å². The van der Waals surface area contributed by atoms with Crippen LogP contribution in [0.3, 0.4) is 0 Å². The summed E-state index contributed by atoms with van der Waals surface area (Å²) in [6, 6.07) is 6.88. The molecule has 0 unspecified atom stereocenters. The van der Waals surface area contributed by atoms with E-state index < -0.39 is 36.4 Å². The molecular weight excluding hydrogens is 360 g/mol. The molecular formula is C21H32N2O5. The Morgan fingerprint density at radius 2 is 1.64 bits per heavy atom. The van der Waals surface area contributed by atoms with Crippen LogP contribution in [0.25, 0.3) is 0 Å². The van der Waals surface area contributed by atoms with Crippen molar-refractivity contribution in [2.45, 2.75) is 65.0 Å². The van der Waals surface area contributed by atoms with Crippen LogP contribution in [0.1, 0.15) is 52.0 Å². The van der Waals surface area contributed by atoms with E-state index in [1.165, 1.54) is 0 Å². The number of rotatable bonds is 13. The summed E-state index contributed by atoms with van der Waals surface area (Å²) in [7, 11) is 0. The molecule has 0 aromatic heterocycles. The minimum atomic E-state index is -1.16. The van der Waals surface area contributed by atoms with Gasteiger partial charge in [0.25, 0.3) is 0 Å². The summed E-state index contributed by atoms with van der Waals surface area (Å²) < 4.78 is 0. The third kappa shape index (κ3) is 8.08. The first kappa shape index (κ1) is 23.6. The third-order valence-corrected chi connectivity index (χ3v) is 5.42. The first-order valence-electron chi connectivity index (χ1n) is 9.73. The molecule has 1 aromatic carbocycles. The monoisotopic (exact) mass is 392 g/mol. The number of carboxylic acid groups (broad SMARTS) is 2. The van der Waals surface area contributed by atoms with E-state index in [0.29, 0.717) is 6.54 Å². The van der Waals surface area contributed by atoms with Gasteiger partial charge >= 0.3 is 11.9 Å². The van der Waals surface area contributed by atoms with Crippen LogP contribution in [0.5, 0.6) is 0 Å². The highest BCUT2D eigenvalue weighted by Gasteiger charge is 2.28. The van der Waals surface area contributed by atoms with E-state index in [1.54, 1.807) is 24.3 Å². The van der Waals surface area contributed by atoms with Crippen molar-refractivity contribution in [3.63, 3.8) is 0 Å². The fourth-order valence-corrected chi connectivity index (χ4v) is 2.91. The summed E-state index contributed by atoms with van der Waals surface area (Å²) >= 11 is 0. The Balaban J connectivity index is 2.75. The SMILES string of the molecule is CCC(C)(CC)CCN[C@@H](CC(=O)O)C(=O)N[C@@H](Cc1ccccc1)C(=O)O. The molecule has 7 nitrogen and oxygen atoms in total. The lowest BCUT2D eigenvalue weighted by atomic mass is 9.81. The highest BCUT2D eigenvalue weighted by Crippen LogP contribution is 2.28. The quantitative estimate of drug-likeness (QED) is 0.410. The van der Waals surface area contributed by atoms with Crippen LogP contribution in [0.2, 0.25) is 0 Å². The van der Waals surface area contributed by atoms with Crippen molar-refractivity contribution < 1.29 is 24.6 Å². The lowest BCUT2D eigenvalue weighted by Gasteiger charge is -2.28. The number of aliphatic carboxylic acids is 2. The molecule has 0 saturated heterocycles. The Morgan fingerprint density at radius 1 is 1.04 bits per heavy atom. The average molecular weight is 392 g/mol. The van der Waals surface area contributed by atoms with Crippen molar-refractivity contribution in [3.8, 4) is 0 Å². The zero-order valence-electron chi connectivity index (χ0n) is 16.9. The van der Waals surface area contributed by atoms with Gasteiger partial charge in [0.1, 0.15) is 6.04 Å². The minimum absolute atomic E-state index is 0.119. The van der Waals surface area contributed by atoms with Crippen LogP contribution in [0.15, 0.2) is 30.3 Å². The third-order valence-electron chi connectivity index (χ3n) is 5.42. The van der Waals surface area contributed by atoms with E-state index in [2.05, 4.69) is 31.4 Å². The van der Waals surface area contributed by atoms with Crippen LogP contribution in [0, 0.1) is 5.41 Å². The van der Waals surface area contributed by atoms with E-state index in [1.807, 2.05) is 6.07 Å². The summed E-state index contributed by atoms with van der Waals surface area (Å²) in [6.07, 6.45) is 2.50. The maximum Gasteiger partial charge on any atom is 0.326 e. The van der Waals surface area contributed by atoms with Gasteiger partial charge in [0.05, 0.1) is 12.5 Å². The molecule has 0 fully saturated rings. The van der Waals surface area contributed by atoms with Gasteiger partial charge in [-0.05, 0) is 23.9 Å². The van der Waals surface area contributed by atoms with Gasteiger partial charge in [0, 0.05) is 6.42 Å². The molecule has 0 radical (unpaired) electrons. The maximum absolute atomic E-state index is 12.6. The summed E-state index contributed by atoms with van der Waals surface area (Å²) in [5.74, 6) is -2.88. The lowest BCUT2D eigenvalue weighted by Crippen LogP contribution is -2.52. The first-order chi connectivity index (χ1) is 13.2. The van der Waals surface area contributed by atoms with Crippen molar-refractivity contribution in [1.29, 1.82) is 0 Å². The number of carbonyl (C=O) groups excluding carboxylic acids is 1. The fraction of sp³-hybridized carbons (Fsp3) is 0.571. The Kier molecular flexibility index (Phi) is 9.65. The second kappa shape index (κ2) is 11.4.